The molecule has 0 aromatic heterocycles. The highest BCUT2D eigenvalue weighted by atomic mass is 32.2. The average molecular weight is 377 g/mol. The van der Waals surface area contributed by atoms with Crippen molar-refractivity contribution in [3.05, 3.63) is 71.5 Å². The highest BCUT2D eigenvalue weighted by Gasteiger charge is 2.56. The summed E-state index contributed by atoms with van der Waals surface area (Å²) in [6.45, 7) is 7.10. The van der Waals surface area contributed by atoms with Gasteiger partial charge in [0.1, 0.15) is 11.4 Å². The fourth-order valence-corrected chi connectivity index (χ4v) is 4.25. The van der Waals surface area contributed by atoms with Gasteiger partial charge in [-0.25, -0.2) is 12.8 Å². The number of nitrogens with zero attached hydrogens (tertiary/aromatic N) is 1. The Kier molecular flexibility index (Phi) is 5.86. The Hall–Kier alpha value is -2.21. The number of hydrogen-bond acceptors (Lipinski definition) is 3. The van der Waals surface area contributed by atoms with Crippen molar-refractivity contribution in [1.29, 1.82) is 0 Å². The van der Waals surface area contributed by atoms with Gasteiger partial charge >= 0.3 is 0 Å². The third-order valence-electron chi connectivity index (χ3n) is 4.86. The summed E-state index contributed by atoms with van der Waals surface area (Å²) in [6.07, 6.45) is 1.78. The predicted octanol–water partition coefficient (Wildman–Crippen LogP) is 4.46. The van der Waals surface area contributed by atoms with Crippen LogP contribution in [0.3, 0.4) is 0 Å². The lowest BCUT2D eigenvalue weighted by Crippen LogP contribution is -2.54. The lowest BCUT2D eigenvalue weighted by atomic mass is 9.85. The van der Waals surface area contributed by atoms with E-state index in [2.05, 4.69) is 4.40 Å². The summed E-state index contributed by atoms with van der Waals surface area (Å²) < 4.78 is 44.8. The maximum Gasteiger partial charge on any atom is 0.269 e. The molecule has 0 saturated carbocycles. The first kappa shape index (κ1) is 20.1. The van der Waals surface area contributed by atoms with Gasteiger partial charge in [-0.15, -0.1) is 4.40 Å². The minimum absolute atomic E-state index is 0.0972. The molecule has 1 atom stereocenters. The molecule has 0 saturated heterocycles. The zero-order valence-electron chi connectivity index (χ0n) is 15.4. The van der Waals surface area contributed by atoms with Gasteiger partial charge in [0.15, 0.2) is 11.1 Å². The summed E-state index contributed by atoms with van der Waals surface area (Å²) in [4.78, 5) is 0. The van der Waals surface area contributed by atoms with Crippen LogP contribution in [0.1, 0.15) is 38.8 Å². The van der Waals surface area contributed by atoms with Gasteiger partial charge in [0.05, 0.1) is 0 Å². The molecule has 1 aliphatic heterocycles. The molecule has 0 fully saturated rings. The molecule has 26 heavy (non-hydrogen) atoms. The lowest BCUT2D eigenvalue weighted by molar-refractivity contribution is 0.0547. The number of sulfonamides is 1. The largest absolute Gasteiger partial charge is 0.475 e. The van der Waals surface area contributed by atoms with Crippen LogP contribution in [-0.2, 0) is 25.9 Å². The number of ether oxygens (including phenoxy) is 1. The number of benzene rings is 2. The van der Waals surface area contributed by atoms with E-state index in [0.29, 0.717) is 5.56 Å². The SMILES string of the molecule is CC1(C)OC=NS(=O)(=O)C1(C)c1ccccc1.CCc1ccccc1F. The third kappa shape index (κ3) is 3.65. The standard InChI is InChI=1S/C12H15NO3S.C8H9F/c1-11(2)12(3,10-7-5-4-6-8-10)17(14,15)13-9-16-11;1-2-7-5-3-4-6-8(7)9/h4-9H,1-3H3;3-6H,2H2,1H3. The molecule has 0 spiro atoms. The molecular formula is C20H24FNO3S. The van der Waals surface area contributed by atoms with E-state index >= 15 is 0 Å². The van der Waals surface area contributed by atoms with Crippen LogP contribution in [0, 0.1) is 5.82 Å². The van der Waals surface area contributed by atoms with Crippen LogP contribution in [0.2, 0.25) is 0 Å². The third-order valence-corrected chi connectivity index (χ3v) is 6.98. The van der Waals surface area contributed by atoms with Gasteiger partial charge in [-0.2, -0.15) is 0 Å². The second-order valence-electron chi connectivity index (χ2n) is 6.66. The molecule has 2 aromatic rings. The summed E-state index contributed by atoms with van der Waals surface area (Å²) in [6, 6.07) is 15.9. The summed E-state index contributed by atoms with van der Waals surface area (Å²) in [5.74, 6) is -0.0972. The van der Waals surface area contributed by atoms with Crippen molar-refractivity contribution < 1.29 is 17.5 Å². The molecule has 140 valence electrons. The number of rotatable bonds is 2. The van der Waals surface area contributed by atoms with Crippen molar-refractivity contribution in [3.8, 4) is 0 Å². The Morgan fingerprint density at radius 3 is 2.08 bits per heavy atom. The first-order chi connectivity index (χ1) is 12.2. The van der Waals surface area contributed by atoms with Crippen molar-refractivity contribution in [3.63, 3.8) is 0 Å². The van der Waals surface area contributed by atoms with E-state index in [0.717, 1.165) is 18.4 Å². The normalized spacial score (nSPS) is 22.7. The van der Waals surface area contributed by atoms with E-state index in [-0.39, 0.29) is 5.82 Å². The molecule has 0 amide bonds. The highest BCUT2D eigenvalue weighted by molar-refractivity contribution is 7.91. The van der Waals surface area contributed by atoms with Gasteiger partial charge in [0.25, 0.3) is 10.0 Å². The van der Waals surface area contributed by atoms with Gasteiger partial charge in [0.2, 0.25) is 0 Å². The summed E-state index contributed by atoms with van der Waals surface area (Å²) in [5, 5.41) is 0. The first-order valence-corrected chi connectivity index (χ1v) is 9.85. The van der Waals surface area contributed by atoms with Crippen LogP contribution in [-0.4, -0.2) is 20.4 Å². The summed E-state index contributed by atoms with van der Waals surface area (Å²) in [5.41, 5.74) is 0.605. The molecule has 0 bridgehead atoms. The Morgan fingerprint density at radius 1 is 1.00 bits per heavy atom. The highest BCUT2D eigenvalue weighted by Crippen LogP contribution is 2.44. The van der Waals surface area contributed by atoms with Crippen LogP contribution in [0.5, 0.6) is 0 Å². The molecule has 1 aliphatic rings. The predicted molar refractivity (Wildman–Crippen MR) is 102 cm³/mol. The molecule has 1 unspecified atom stereocenters. The average Bonchev–Trinajstić information content (AvgIpc) is 2.61. The fourth-order valence-electron chi connectivity index (χ4n) is 2.78. The van der Waals surface area contributed by atoms with E-state index in [4.69, 9.17) is 4.74 Å². The van der Waals surface area contributed by atoms with Crippen molar-refractivity contribution in [2.45, 2.75) is 44.5 Å². The van der Waals surface area contributed by atoms with E-state index in [1.807, 2.05) is 31.2 Å². The van der Waals surface area contributed by atoms with E-state index in [9.17, 15) is 12.8 Å². The monoisotopic (exact) mass is 377 g/mol. The van der Waals surface area contributed by atoms with E-state index < -0.39 is 20.4 Å². The molecule has 6 heteroatoms. The van der Waals surface area contributed by atoms with E-state index in [1.54, 1.807) is 45.0 Å². The second-order valence-corrected chi connectivity index (χ2v) is 8.64. The quantitative estimate of drug-likeness (QED) is 0.777. The minimum atomic E-state index is -3.64. The molecule has 1 heterocycles. The Balaban J connectivity index is 0.000000228. The van der Waals surface area contributed by atoms with Crippen molar-refractivity contribution >= 4 is 16.4 Å². The topological polar surface area (TPSA) is 55.7 Å². The summed E-state index contributed by atoms with van der Waals surface area (Å²) in [7, 11) is -3.64. The van der Waals surface area contributed by atoms with Crippen LogP contribution >= 0.6 is 0 Å². The second kappa shape index (κ2) is 7.58. The maximum absolute atomic E-state index is 12.6. The minimum Gasteiger partial charge on any atom is -0.475 e. The molecule has 4 nitrogen and oxygen atoms in total. The number of hydrogen-bond donors (Lipinski definition) is 0. The number of halogens is 1. The van der Waals surface area contributed by atoms with Gasteiger partial charge in [-0.1, -0.05) is 55.5 Å². The maximum atomic E-state index is 12.6. The molecule has 0 N–H and O–H groups in total. The van der Waals surface area contributed by atoms with Gasteiger partial charge < -0.3 is 4.74 Å². The van der Waals surface area contributed by atoms with Crippen molar-refractivity contribution in [2.24, 2.45) is 4.40 Å². The smallest absolute Gasteiger partial charge is 0.269 e. The van der Waals surface area contributed by atoms with Crippen LogP contribution in [0.25, 0.3) is 0 Å². The molecule has 0 radical (unpaired) electrons. The molecule has 2 aromatic carbocycles. The first-order valence-electron chi connectivity index (χ1n) is 8.41. The van der Waals surface area contributed by atoms with Crippen molar-refractivity contribution in [2.75, 3.05) is 0 Å². The zero-order chi connectivity index (χ0) is 19.4. The van der Waals surface area contributed by atoms with Crippen LogP contribution < -0.4 is 0 Å². The van der Waals surface area contributed by atoms with Crippen LogP contribution in [0.4, 0.5) is 4.39 Å². The van der Waals surface area contributed by atoms with Gasteiger partial charge in [0, 0.05) is 0 Å². The Morgan fingerprint density at radius 2 is 1.58 bits per heavy atom. The van der Waals surface area contributed by atoms with Crippen molar-refractivity contribution in [1.82, 2.24) is 0 Å². The Labute approximate surface area is 154 Å². The van der Waals surface area contributed by atoms with E-state index in [1.165, 1.54) is 6.07 Å². The Bertz CT molecular complexity index is 879. The van der Waals surface area contributed by atoms with Crippen LogP contribution in [0.15, 0.2) is 59.0 Å². The zero-order valence-corrected chi connectivity index (χ0v) is 16.3. The summed E-state index contributed by atoms with van der Waals surface area (Å²) >= 11 is 0. The lowest BCUT2D eigenvalue weighted by Gasteiger charge is -2.43. The fraction of sp³-hybridized carbons (Fsp3) is 0.350. The van der Waals surface area contributed by atoms with Gasteiger partial charge in [-0.3, -0.25) is 0 Å². The van der Waals surface area contributed by atoms with Gasteiger partial charge in [-0.05, 0) is 44.4 Å². The molecule has 3 rings (SSSR count). The number of aryl methyl sites for hydroxylation is 1. The molecule has 0 aliphatic carbocycles. The molecular weight excluding hydrogens is 353 g/mol.